The smallest absolute Gasteiger partial charge is 0.341 e. The molecule has 10 heteroatoms. The van der Waals surface area contributed by atoms with E-state index < -0.39 is 26.4 Å². The maximum Gasteiger partial charge on any atom is 0.341 e. The highest BCUT2D eigenvalue weighted by molar-refractivity contribution is 7.91. The van der Waals surface area contributed by atoms with Crippen molar-refractivity contribution in [1.29, 1.82) is 0 Å². The molecular formula is C19H22F2N4O3S. The number of hydrogen-bond acceptors (Lipinski definition) is 6. The van der Waals surface area contributed by atoms with Crippen LogP contribution in [0.3, 0.4) is 0 Å². The molecule has 1 amide bonds. The van der Waals surface area contributed by atoms with Crippen LogP contribution >= 0.6 is 0 Å². The van der Waals surface area contributed by atoms with Crippen molar-refractivity contribution in [2.75, 3.05) is 18.0 Å². The zero-order chi connectivity index (χ0) is 21.0. The Morgan fingerprint density at radius 1 is 1.17 bits per heavy atom. The molecule has 0 atom stereocenters. The number of rotatable bonds is 6. The molecule has 2 heterocycles. The average molecular weight is 424 g/mol. The van der Waals surface area contributed by atoms with Gasteiger partial charge in [-0.25, -0.2) is 18.4 Å². The molecule has 1 saturated heterocycles. The lowest BCUT2D eigenvalue weighted by molar-refractivity contribution is 0.0946. The van der Waals surface area contributed by atoms with Crippen LogP contribution < -0.4 is 10.2 Å². The predicted molar refractivity (Wildman–Crippen MR) is 104 cm³/mol. The van der Waals surface area contributed by atoms with Crippen LogP contribution in [0.1, 0.15) is 41.1 Å². The van der Waals surface area contributed by atoms with Crippen molar-refractivity contribution in [3.05, 3.63) is 47.4 Å². The van der Waals surface area contributed by atoms with Crippen molar-refractivity contribution in [2.45, 2.75) is 43.4 Å². The molecule has 1 aromatic carbocycles. The Kier molecular flexibility index (Phi) is 6.41. The van der Waals surface area contributed by atoms with E-state index in [1.165, 1.54) is 24.6 Å². The topological polar surface area (TPSA) is 92.3 Å². The predicted octanol–water partition coefficient (Wildman–Crippen LogP) is 2.70. The van der Waals surface area contributed by atoms with E-state index in [9.17, 15) is 22.0 Å². The SMILES string of the molecule is Cc1cc(N2CCCCC2)nc(CNC(=O)c2ccccc2S(=O)(=O)C(F)F)n1. The highest BCUT2D eigenvalue weighted by atomic mass is 32.2. The van der Waals surface area contributed by atoms with Gasteiger partial charge in [-0.15, -0.1) is 0 Å². The monoisotopic (exact) mass is 424 g/mol. The first-order valence-corrected chi connectivity index (χ1v) is 10.8. The van der Waals surface area contributed by atoms with Gasteiger partial charge < -0.3 is 10.2 Å². The number of amides is 1. The van der Waals surface area contributed by atoms with Crippen LogP contribution in [-0.4, -0.2) is 43.1 Å². The van der Waals surface area contributed by atoms with E-state index in [0.717, 1.165) is 43.5 Å². The number of piperidine rings is 1. The molecule has 0 aliphatic carbocycles. The lowest BCUT2D eigenvalue weighted by atomic mass is 10.1. The second-order valence-electron chi connectivity index (χ2n) is 6.82. The summed E-state index contributed by atoms with van der Waals surface area (Å²) in [6.07, 6.45) is 3.36. The third kappa shape index (κ3) is 4.87. The molecule has 1 aliphatic rings. The van der Waals surface area contributed by atoms with Gasteiger partial charge in [0.1, 0.15) is 11.6 Å². The highest BCUT2D eigenvalue weighted by Gasteiger charge is 2.30. The van der Waals surface area contributed by atoms with E-state index in [0.29, 0.717) is 5.82 Å². The fraction of sp³-hybridized carbons (Fsp3) is 0.421. The Morgan fingerprint density at radius 2 is 1.86 bits per heavy atom. The average Bonchev–Trinajstić information content (AvgIpc) is 2.72. The standard InChI is InChI=1S/C19H22F2N4O3S/c1-13-11-17(25-9-5-2-6-10-25)24-16(23-13)12-22-18(26)14-7-3-4-8-15(14)29(27,28)19(20)21/h3-4,7-8,11,19H,2,5-6,9-10,12H2,1H3,(H,22,26). The number of hydrogen-bond donors (Lipinski definition) is 1. The number of benzene rings is 1. The molecule has 156 valence electrons. The maximum atomic E-state index is 12.9. The number of aryl methyl sites for hydroxylation is 1. The lowest BCUT2D eigenvalue weighted by Crippen LogP contribution is -2.31. The van der Waals surface area contributed by atoms with E-state index in [4.69, 9.17) is 0 Å². The maximum absolute atomic E-state index is 12.9. The number of halogens is 2. The molecule has 1 fully saturated rings. The van der Waals surface area contributed by atoms with Gasteiger partial charge in [-0.05, 0) is 38.3 Å². The molecule has 1 aliphatic heterocycles. The van der Waals surface area contributed by atoms with Gasteiger partial charge in [0.2, 0.25) is 9.84 Å². The Morgan fingerprint density at radius 3 is 2.55 bits per heavy atom. The number of anilines is 1. The summed E-state index contributed by atoms with van der Waals surface area (Å²) in [7, 11) is -4.90. The molecule has 7 nitrogen and oxygen atoms in total. The summed E-state index contributed by atoms with van der Waals surface area (Å²) < 4.78 is 49.5. The van der Waals surface area contributed by atoms with Gasteiger partial charge in [0.15, 0.2) is 0 Å². The van der Waals surface area contributed by atoms with Crippen molar-refractivity contribution >= 4 is 21.6 Å². The summed E-state index contributed by atoms with van der Waals surface area (Å²) in [5.74, 6) is -3.24. The van der Waals surface area contributed by atoms with Crippen molar-refractivity contribution in [1.82, 2.24) is 15.3 Å². The molecule has 0 unspecified atom stereocenters. The van der Waals surface area contributed by atoms with Gasteiger partial charge in [-0.1, -0.05) is 12.1 Å². The van der Waals surface area contributed by atoms with Crippen LogP contribution in [0.5, 0.6) is 0 Å². The molecule has 0 saturated carbocycles. The molecule has 0 bridgehead atoms. The number of carbonyl (C=O) groups is 1. The second-order valence-corrected chi connectivity index (χ2v) is 8.70. The summed E-state index contributed by atoms with van der Waals surface area (Å²) in [4.78, 5) is 22.7. The third-order valence-corrected chi connectivity index (χ3v) is 6.09. The van der Waals surface area contributed by atoms with Crippen molar-refractivity contribution < 1.29 is 22.0 Å². The van der Waals surface area contributed by atoms with E-state index >= 15 is 0 Å². The minimum absolute atomic E-state index is 0.0512. The molecule has 29 heavy (non-hydrogen) atoms. The van der Waals surface area contributed by atoms with Crippen LogP contribution in [-0.2, 0) is 16.4 Å². The van der Waals surface area contributed by atoms with Gasteiger partial charge in [-0.2, -0.15) is 8.78 Å². The zero-order valence-corrected chi connectivity index (χ0v) is 16.8. The molecule has 1 N–H and O–H groups in total. The molecule has 0 spiro atoms. The van der Waals surface area contributed by atoms with Crippen molar-refractivity contribution in [3.8, 4) is 0 Å². The Balaban J connectivity index is 1.77. The van der Waals surface area contributed by atoms with Gasteiger partial charge in [-0.3, -0.25) is 4.79 Å². The summed E-state index contributed by atoms with van der Waals surface area (Å²) >= 11 is 0. The second kappa shape index (κ2) is 8.81. The fourth-order valence-corrected chi connectivity index (χ4v) is 4.16. The molecule has 1 aromatic heterocycles. The molecular weight excluding hydrogens is 402 g/mol. The van der Waals surface area contributed by atoms with E-state index in [-0.39, 0.29) is 12.1 Å². The number of aromatic nitrogens is 2. The number of carbonyl (C=O) groups excluding carboxylic acids is 1. The molecule has 2 aromatic rings. The van der Waals surface area contributed by atoms with E-state index in [2.05, 4.69) is 20.2 Å². The normalized spacial score (nSPS) is 14.8. The largest absolute Gasteiger partial charge is 0.357 e. The van der Waals surface area contributed by atoms with E-state index in [1.54, 1.807) is 0 Å². The van der Waals surface area contributed by atoms with E-state index in [1.807, 2.05) is 13.0 Å². The number of nitrogens with one attached hydrogen (secondary N) is 1. The Hall–Kier alpha value is -2.62. The fourth-order valence-electron chi connectivity index (χ4n) is 3.23. The Bertz CT molecular complexity index is 993. The van der Waals surface area contributed by atoms with Crippen LogP contribution in [0, 0.1) is 6.92 Å². The van der Waals surface area contributed by atoms with Crippen LogP contribution in [0.2, 0.25) is 0 Å². The summed E-state index contributed by atoms with van der Waals surface area (Å²) in [5.41, 5.74) is 0.405. The van der Waals surface area contributed by atoms with Gasteiger partial charge >= 0.3 is 5.76 Å². The lowest BCUT2D eigenvalue weighted by Gasteiger charge is -2.28. The number of sulfone groups is 1. The first kappa shape index (κ1) is 21.1. The first-order chi connectivity index (χ1) is 13.8. The summed E-state index contributed by atoms with van der Waals surface area (Å²) in [5, 5.41) is 2.53. The molecule has 3 rings (SSSR count). The summed E-state index contributed by atoms with van der Waals surface area (Å²) in [6.45, 7) is 3.58. The van der Waals surface area contributed by atoms with Crippen LogP contribution in [0.25, 0.3) is 0 Å². The summed E-state index contributed by atoms with van der Waals surface area (Å²) in [6, 6.07) is 6.77. The minimum Gasteiger partial charge on any atom is -0.357 e. The Labute approximate surface area is 168 Å². The number of alkyl halides is 2. The highest BCUT2D eigenvalue weighted by Crippen LogP contribution is 2.22. The zero-order valence-electron chi connectivity index (χ0n) is 15.9. The van der Waals surface area contributed by atoms with Gasteiger partial charge in [0, 0.05) is 24.8 Å². The van der Waals surface area contributed by atoms with Gasteiger partial charge in [0.25, 0.3) is 5.91 Å². The molecule has 0 radical (unpaired) electrons. The number of nitrogens with zero attached hydrogens (tertiary/aromatic N) is 3. The van der Waals surface area contributed by atoms with Crippen molar-refractivity contribution in [3.63, 3.8) is 0 Å². The van der Waals surface area contributed by atoms with Crippen LogP contribution in [0.4, 0.5) is 14.6 Å². The third-order valence-electron chi connectivity index (χ3n) is 4.65. The quantitative estimate of drug-likeness (QED) is 0.767. The van der Waals surface area contributed by atoms with Crippen LogP contribution in [0.15, 0.2) is 35.2 Å². The first-order valence-electron chi connectivity index (χ1n) is 9.28. The van der Waals surface area contributed by atoms with Gasteiger partial charge in [0.05, 0.1) is 17.0 Å². The van der Waals surface area contributed by atoms with Crippen molar-refractivity contribution in [2.24, 2.45) is 0 Å². The minimum atomic E-state index is -4.90.